The van der Waals surface area contributed by atoms with Gasteiger partial charge in [0.05, 0.1) is 0 Å². The van der Waals surface area contributed by atoms with Gasteiger partial charge < -0.3 is 10.6 Å². The second-order valence-electron chi connectivity index (χ2n) is 4.86. The Morgan fingerprint density at radius 2 is 1.94 bits per heavy atom. The lowest BCUT2D eigenvalue weighted by atomic mass is 10.0. The van der Waals surface area contributed by atoms with Crippen LogP contribution in [0.15, 0.2) is 22.7 Å². The highest BCUT2D eigenvalue weighted by Gasteiger charge is 2.28. The van der Waals surface area contributed by atoms with Crippen LogP contribution in [0.4, 0.5) is 5.69 Å². The molecule has 1 saturated heterocycles. The Morgan fingerprint density at radius 3 is 2.47 bits per heavy atom. The van der Waals surface area contributed by atoms with E-state index in [0.29, 0.717) is 16.8 Å². The Kier molecular flexibility index (Phi) is 3.73. The fraction of sp³-hybridized carbons (Fsp3) is 0.462. The van der Waals surface area contributed by atoms with Gasteiger partial charge in [-0.3, -0.25) is 0 Å². The lowest BCUT2D eigenvalue weighted by Crippen LogP contribution is -2.24. The second-order valence-corrected chi connectivity index (χ2v) is 6.15. The van der Waals surface area contributed by atoms with Gasteiger partial charge in [-0.05, 0) is 39.9 Å². The third kappa shape index (κ3) is 2.47. The second kappa shape index (κ2) is 4.94. The molecular formula is C13H17BrN2S. The highest BCUT2D eigenvalue weighted by Crippen LogP contribution is 2.33. The summed E-state index contributed by atoms with van der Waals surface area (Å²) in [7, 11) is 0. The van der Waals surface area contributed by atoms with Crippen molar-refractivity contribution in [3.8, 4) is 0 Å². The van der Waals surface area contributed by atoms with Crippen molar-refractivity contribution >= 4 is 38.8 Å². The molecule has 0 bridgehead atoms. The first-order valence-corrected chi connectivity index (χ1v) is 7.04. The molecule has 1 aliphatic heterocycles. The smallest absolute Gasteiger partial charge is 0.107 e. The molecule has 2 atom stereocenters. The molecule has 1 heterocycles. The van der Waals surface area contributed by atoms with Crippen LogP contribution in [-0.2, 0) is 0 Å². The van der Waals surface area contributed by atoms with Crippen molar-refractivity contribution in [3.05, 3.63) is 28.2 Å². The number of halogens is 1. The third-order valence-electron chi connectivity index (χ3n) is 3.57. The van der Waals surface area contributed by atoms with E-state index in [1.165, 1.54) is 0 Å². The number of hydrogen-bond acceptors (Lipinski definition) is 2. The Morgan fingerprint density at radius 1 is 1.35 bits per heavy atom. The van der Waals surface area contributed by atoms with Crippen LogP contribution in [0.2, 0.25) is 0 Å². The van der Waals surface area contributed by atoms with Crippen LogP contribution in [0, 0.1) is 11.8 Å². The van der Waals surface area contributed by atoms with E-state index in [1.807, 2.05) is 12.1 Å². The Balaban J connectivity index is 2.39. The van der Waals surface area contributed by atoms with E-state index >= 15 is 0 Å². The molecule has 0 saturated carbocycles. The minimum atomic E-state index is 0.458. The zero-order chi connectivity index (χ0) is 12.6. The predicted molar refractivity (Wildman–Crippen MR) is 80.6 cm³/mol. The van der Waals surface area contributed by atoms with Gasteiger partial charge in [-0.25, -0.2) is 0 Å². The molecule has 4 heteroatoms. The van der Waals surface area contributed by atoms with E-state index in [1.54, 1.807) is 0 Å². The van der Waals surface area contributed by atoms with E-state index < -0.39 is 0 Å². The number of rotatable bonds is 2. The van der Waals surface area contributed by atoms with E-state index in [2.05, 4.69) is 40.7 Å². The maximum Gasteiger partial charge on any atom is 0.107 e. The van der Waals surface area contributed by atoms with Crippen molar-refractivity contribution in [1.29, 1.82) is 0 Å². The van der Waals surface area contributed by atoms with Crippen LogP contribution in [0.3, 0.4) is 0 Å². The molecule has 1 aliphatic rings. The van der Waals surface area contributed by atoms with Gasteiger partial charge in [0.2, 0.25) is 0 Å². The Labute approximate surface area is 116 Å². The quantitative estimate of drug-likeness (QED) is 0.850. The average Bonchev–Trinajstić information content (AvgIpc) is 2.58. The van der Waals surface area contributed by atoms with Crippen LogP contribution in [-0.4, -0.2) is 18.1 Å². The number of hydrogen-bond donors (Lipinski definition) is 1. The first kappa shape index (κ1) is 12.8. The fourth-order valence-corrected chi connectivity index (χ4v) is 3.26. The Hall–Kier alpha value is -0.610. The summed E-state index contributed by atoms with van der Waals surface area (Å²) in [6, 6.07) is 6.12. The molecule has 0 spiro atoms. The Bertz CT molecular complexity index is 437. The SMILES string of the molecule is CC1CN(c2cccc(Br)c2C(N)=S)CC1C. The van der Waals surface area contributed by atoms with Gasteiger partial charge in [0.1, 0.15) is 4.99 Å². The van der Waals surface area contributed by atoms with Crippen molar-refractivity contribution in [2.24, 2.45) is 17.6 Å². The molecule has 2 unspecified atom stereocenters. The molecule has 1 aromatic rings. The van der Waals surface area contributed by atoms with Crippen LogP contribution in [0.25, 0.3) is 0 Å². The number of nitrogens with two attached hydrogens (primary N) is 1. The maximum absolute atomic E-state index is 5.83. The zero-order valence-electron chi connectivity index (χ0n) is 10.1. The van der Waals surface area contributed by atoms with Crippen LogP contribution in [0.5, 0.6) is 0 Å². The summed E-state index contributed by atoms with van der Waals surface area (Å²) in [6.07, 6.45) is 0. The summed E-state index contributed by atoms with van der Waals surface area (Å²) in [4.78, 5) is 2.84. The summed E-state index contributed by atoms with van der Waals surface area (Å²) in [5.41, 5.74) is 7.94. The molecule has 0 aliphatic carbocycles. The number of thiocarbonyl (C=S) groups is 1. The minimum absolute atomic E-state index is 0.458. The largest absolute Gasteiger partial charge is 0.389 e. The van der Waals surface area contributed by atoms with E-state index in [9.17, 15) is 0 Å². The number of benzene rings is 1. The molecule has 17 heavy (non-hydrogen) atoms. The molecule has 0 radical (unpaired) electrons. The maximum atomic E-state index is 5.83. The molecular weight excluding hydrogens is 296 g/mol. The van der Waals surface area contributed by atoms with Gasteiger partial charge in [0, 0.05) is 28.8 Å². The zero-order valence-corrected chi connectivity index (χ0v) is 12.5. The number of nitrogens with zero attached hydrogens (tertiary/aromatic N) is 1. The van der Waals surface area contributed by atoms with Crippen LogP contribution in [0.1, 0.15) is 19.4 Å². The standard InChI is InChI=1S/C13H17BrN2S/c1-8-6-16(7-9(8)2)11-5-3-4-10(14)12(11)13(15)17/h3-5,8-9H,6-7H2,1-2H3,(H2,15,17). The fourth-order valence-electron chi connectivity index (χ4n) is 2.35. The summed E-state index contributed by atoms with van der Waals surface area (Å²) in [5.74, 6) is 1.43. The predicted octanol–water partition coefficient (Wildman–Crippen LogP) is 3.18. The van der Waals surface area contributed by atoms with E-state index in [-0.39, 0.29) is 0 Å². The summed E-state index contributed by atoms with van der Waals surface area (Å²) >= 11 is 8.68. The van der Waals surface area contributed by atoms with Crippen molar-refractivity contribution in [2.75, 3.05) is 18.0 Å². The van der Waals surface area contributed by atoms with Crippen molar-refractivity contribution in [2.45, 2.75) is 13.8 Å². The summed E-state index contributed by atoms with van der Waals surface area (Å²) < 4.78 is 0.981. The van der Waals surface area contributed by atoms with E-state index in [0.717, 1.165) is 28.8 Å². The summed E-state index contributed by atoms with van der Waals surface area (Å²) in [6.45, 7) is 6.74. The molecule has 0 aromatic heterocycles. The van der Waals surface area contributed by atoms with Gasteiger partial charge in [-0.15, -0.1) is 0 Å². The average molecular weight is 313 g/mol. The molecule has 2 nitrogen and oxygen atoms in total. The van der Waals surface area contributed by atoms with Crippen molar-refractivity contribution < 1.29 is 0 Å². The first-order chi connectivity index (χ1) is 8.00. The monoisotopic (exact) mass is 312 g/mol. The normalized spacial score (nSPS) is 24.1. The number of anilines is 1. The lowest BCUT2D eigenvalue weighted by Gasteiger charge is -2.22. The molecule has 92 valence electrons. The highest BCUT2D eigenvalue weighted by atomic mass is 79.9. The van der Waals surface area contributed by atoms with Crippen LogP contribution >= 0.6 is 28.1 Å². The lowest BCUT2D eigenvalue weighted by molar-refractivity contribution is 0.494. The van der Waals surface area contributed by atoms with Gasteiger partial charge in [0.25, 0.3) is 0 Å². The molecule has 0 amide bonds. The molecule has 2 rings (SSSR count). The topological polar surface area (TPSA) is 29.3 Å². The molecule has 2 N–H and O–H groups in total. The van der Waals surface area contributed by atoms with Crippen molar-refractivity contribution in [1.82, 2.24) is 0 Å². The molecule has 1 aromatic carbocycles. The van der Waals surface area contributed by atoms with Gasteiger partial charge >= 0.3 is 0 Å². The van der Waals surface area contributed by atoms with Gasteiger partial charge in [0.15, 0.2) is 0 Å². The van der Waals surface area contributed by atoms with Crippen LogP contribution < -0.4 is 10.6 Å². The highest BCUT2D eigenvalue weighted by molar-refractivity contribution is 9.10. The summed E-state index contributed by atoms with van der Waals surface area (Å²) in [5, 5.41) is 0. The van der Waals surface area contributed by atoms with Gasteiger partial charge in [-0.2, -0.15) is 0 Å². The minimum Gasteiger partial charge on any atom is -0.389 e. The van der Waals surface area contributed by atoms with E-state index in [4.69, 9.17) is 18.0 Å². The third-order valence-corrected chi connectivity index (χ3v) is 4.43. The molecule has 1 fully saturated rings. The van der Waals surface area contributed by atoms with Gasteiger partial charge in [-0.1, -0.05) is 32.1 Å². The van der Waals surface area contributed by atoms with Crippen molar-refractivity contribution in [3.63, 3.8) is 0 Å². The first-order valence-electron chi connectivity index (χ1n) is 5.84.